The van der Waals surface area contributed by atoms with Crippen molar-refractivity contribution in [3.63, 3.8) is 0 Å². The number of hydrogen-bond acceptors (Lipinski definition) is 3. The van der Waals surface area contributed by atoms with Crippen LogP contribution in [0.2, 0.25) is 0 Å². The van der Waals surface area contributed by atoms with Gasteiger partial charge < -0.3 is 10.1 Å². The maximum atomic E-state index is 11.6. The van der Waals surface area contributed by atoms with E-state index in [9.17, 15) is 4.79 Å². The highest BCUT2D eigenvalue weighted by Gasteiger charge is 2.42. The van der Waals surface area contributed by atoms with E-state index in [4.69, 9.17) is 4.74 Å². The predicted molar refractivity (Wildman–Crippen MR) is 68.9 cm³/mol. The highest BCUT2D eigenvalue weighted by Crippen LogP contribution is 2.49. The van der Waals surface area contributed by atoms with Crippen LogP contribution < -0.4 is 5.32 Å². The van der Waals surface area contributed by atoms with Crippen molar-refractivity contribution < 1.29 is 9.53 Å². The molecule has 0 heterocycles. The van der Waals surface area contributed by atoms with Gasteiger partial charge in [0, 0.05) is 26.2 Å². The molecule has 0 atom stereocenters. The quantitative estimate of drug-likeness (QED) is 0.482. The summed E-state index contributed by atoms with van der Waals surface area (Å²) in [4.78, 5) is 11.6. The number of rotatable bonds is 9. The lowest BCUT2D eigenvalue weighted by atomic mass is 10.1. The Balaban J connectivity index is 1.94. The first-order valence-electron chi connectivity index (χ1n) is 6.18. The van der Waals surface area contributed by atoms with Gasteiger partial charge in [-0.1, -0.05) is 6.92 Å². The first-order valence-corrected chi connectivity index (χ1v) is 6.81. The van der Waals surface area contributed by atoms with Gasteiger partial charge in [0.2, 0.25) is 5.91 Å². The van der Waals surface area contributed by atoms with E-state index in [-0.39, 0.29) is 11.3 Å². The van der Waals surface area contributed by atoms with E-state index in [0.717, 1.165) is 51.2 Å². The van der Waals surface area contributed by atoms with Crippen molar-refractivity contribution in [1.29, 1.82) is 0 Å². The molecule has 1 aliphatic carbocycles. The van der Waals surface area contributed by atoms with Gasteiger partial charge in [-0.3, -0.25) is 4.79 Å². The van der Waals surface area contributed by atoms with E-state index in [1.54, 1.807) is 0 Å². The second-order valence-electron chi connectivity index (χ2n) is 4.65. The second-order valence-corrected chi connectivity index (χ2v) is 4.97. The van der Waals surface area contributed by atoms with Crippen LogP contribution in [0.25, 0.3) is 0 Å². The van der Waals surface area contributed by atoms with Gasteiger partial charge in [-0.2, -0.15) is 12.6 Å². The zero-order valence-corrected chi connectivity index (χ0v) is 11.0. The summed E-state index contributed by atoms with van der Waals surface area (Å²) in [6.07, 6.45) is 4.91. The Morgan fingerprint density at radius 3 is 2.75 bits per heavy atom. The normalized spacial score (nSPS) is 17.1. The van der Waals surface area contributed by atoms with E-state index in [1.165, 1.54) is 0 Å². The average Bonchev–Trinajstić information content (AvgIpc) is 3.04. The molecule has 0 aromatic rings. The monoisotopic (exact) mass is 245 g/mol. The lowest BCUT2D eigenvalue weighted by Gasteiger charge is -2.11. The average molecular weight is 245 g/mol. The molecular weight excluding hydrogens is 222 g/mol. The molecule has 0 aliphatic heterocycles. The molecule has 94 valence electrons. The number of ether oxygens (including phenoxy) is 1. The Morgan fingerprint density at radius 1 is 1.44 bits per heavy atom. The Bertz CT molecular complexity index is 217. The molecule has 0 spiro atoms. The molecule has 1 N–H and O–H groups in total. The van der Waals surface area contributed by atoms with E-state index < -0.39 is 0 Å². The zero-order valence-electron chi connectivity index (χ0n) is 10.1. The van der Waals surface area contributed by atoms with Gasteiger partial charge in [0.15, 0.2) is 0 Å². The van der Waals surface area contributed by atoms with Gasteiger partial charge in [0.05, 0.1) is 0 Å². The molecule has 1 saturated carbocycles. The second kappa shape index (κ2) is 7.17. The summed E-state index contributed by atoms with van der Waals surface area (Å²) in [6.45, 7) is 4.38. The summed E-state index contributed by atoms with van der Waals surface area (Å²) in [7, 11) is 0. The highest BCUT2D eigenvalue weighted by atomic mass is 32.1. The fraction of sp³-hybridized carbons (Fsp3) is 0.917. The van der Waals surface area contributed by atoms with Gasteiger partial charge in [-0.25, -0.2) is 0 Å². The maximum Gasteiger partial charge on any atom is 0.220 e. The predicted octanol–water partition coefficient (Wildman–Crippen LogP) is 2.02. The zero-order chi connectivity index (χ0) is 11.9. The molecule has 1 fully saturated rings. The molecule has 0 aromatic heterocycles. The molecule has 0 radical (unpaired) electrons. The van der Waals surface area contributed by atoms with E-state index >= 15 is 0 Å². The minimum atomic E-state index is 0.169. The first kappa shape index (κ1) is 13.8. The van der Waals surface area contributed by atoms with Crippen molar-refractivity contribution in [2.75, 3.05) is 25.5 Å². The summed E-state index contributed by atoms with van der Waals surface area (Å²) in [5, 5.41) is 2.94. The Morgan fingerprint density at radius 2 is 2.19 bits per heavy atom. The third kappa shape index (κ3) is 5.21. The minimum absolute atomic E-state index is 0.169. The SMILES string of the molecule is CCCOCCCNC(=O)CC1(CS)CC1. The van der Waals surface area contributed by atoms with E-state index in [0.29, 0.717) is 6.42 Å². The number of nitrogens with one attached hydrogen (secondary N) is 1. The van der Waals surface area contributed by atoms with Crippen LogP contribution in [0.15, 0.2) is 0 Å². The molecule has 0 aromatic carbocycles. The van der Waals surface area contributed by atoms with Crippen LogP contribution in [0.4, 0.5) is 0 Å². The van der Waals surface area contributed by atoms with Gasteiger partial charge in [0.25, 0.3) is 0 Å². The summed E-state index contributed by atoms with van der Waals surface area (Å²) < 4.78 is 5.34. The summed E-state index contributed by atoms with van der Waals surface area (Å²) in [6, 6.07) is 0. The van der Waals surface area contributed by atoms with E-state index in [2.05, 4.69) is 24.9 Å². The lowest BCUT2D eigenvalue weighted by molar-refractivity contribution is -0.122. The third-order valence-corrected chi connectivity index (χ3v) is 3.63. The standard InChI is InChI=1S/C12H23NO2S/c1-2-7-15-8-3-6-13-11(14)9-12(10-16)4-5-12/h16H,2-10H2,1H3,(H,13,14). The van der Waals surface area contributed by atoms with Crippen molar-refractivity contribution >= 4 is 18.5 Å². The molecule has 1 aliphatic rings. The van der Waals surface area contributed by atoms with Crippen molar-refractivity contribution in [1.82, 2.24) is 5.32 Å². The third-order valence-electron chi connectivity index (χ3n) is 2.96. The van der Waals surface area contributed by atoms with Gasteiger partial charge in [-0.15, -0.1) is 0 Å². The smallest absolute Gasteiger partial charge is 0.220 e. The Labute approximate surface area is 104 Å². The van der Waals surface area contributed by atoms with Gasteiger partial charge >= 0.3 is 0 Å². The highest BCUT2D eigenvalue weighted by molar-refractivity contribution is 7.80. The van der Waals surface area contributed by atoms with Crippen LogP contribution in [0, 0.1) is 5.41 Å². The molecular formula is C12H23NO2S. The van der Waals surface area contributed by atoms with Crippen LogP contribution >= 0.6 is 12.6 Å². The molecule has 1 amide bonds. The molecule has 1 rings (SSSR count). The van der Waals surface area contributed by atoms with Crippen LogP contribution in [-0.2, 0) is 9.53 Å². The number of carbonyl (C=O) groups excluding carboxylic acids is 1. The Kier molecular flexibility index (Phi) is 6.21. The van der Waals surface area contributed by atoms with Crippen LogP contribution in [-0.4, -0.2) is 31.4 Å². The lowest BCUT2D eigenvalue weighted by Crippen LogP contribution is -2.28. The van der Waals surface area contributed by atoms with E-state index in [1.807, 2.05) is 0 Å². The Hall–Kier alpha value is -0.220. The fourth-order valence-electron chi connectivity index (χ4n) is 1.62. The molecule has 0 saturated heterocycles. The van der Waals surface area contributed by atoms with Gasteiger partial charge in [0.1, 0.15) is 0 Å². The molecule has 0 unspecified atom stereocenters. The van der Waals surface area contributed by atoms with Crippen LogP contribution in [0.1, 0.15) is 39.0 Å². The molecule has 0 bridgehead atoms. The summed E-state index contributed by atoms with van der Waals surface area (Å²) in [5.41, 5.74) is 0.228. The van der Waals surface area contributed by atoms with Crippen LogP contribution in [0.5, 0.6) is 0 Å². The first-order chi connectivity index (χ1) is 7.72. The maximum absolute atomic E-state index is 11.6. The molecule has 4 heteroatoms. The van der Waals surface area contributed by atoms with Crippen molar-refractivity contribution in [2.45, 2.75) is 39.0 Å². The number of carbonyl (C=O) groups is 1. The largest absolute Gasteiger partial charge is 0.381 e. The number of hydrogen-bond donors (Lipinski definition) is 2. The van der Waals surface area contributed by atoms with Crippen LogP contribution in [0.3, 0.4) is 0 Å². The summed E-state index contributed by atoms with van der Waals surface area (Å²) >= 11 is 4.29. The van der Waals surface area contributed by atoms with Crippen molar-refractivity contribution in [3.05, 3.63) is 0 Å². The van der Waals surface area contributed by atoms with Crippen molar-refractivity contribution in [3.8, 4) is 0 Å². The number of thiol groups is 1. The minimum Gasteiger partial charge on any atom is -0.381 e. The van der Waals surface area contributed by atoms with Gasteiger partial charge in [-0.05, 0) is 36.9 Å². The molecule has 16 heavy (non-hydrogen) atoms. The molecule has 3 nitrogen and oxygen atoms in total. The fourth-order valence-corrected chi connectivity index (χ4v) is 2.05. The summed E-state index contributed by atoms with van der Waals surface area (Å²) in [5.74, 6) is 1.00. The number of amides is 1. The topological polar surface area (TPSA) is 38.3 Å². The van der Waals surface area contributed by atoms with Crippen molar-refractivity contribution in [2.24, 2.45) is 5.41 Å².